The predicted molar refractivity (Wildman–Crippen MR) is 94.7 cm³/mol. The summed E-state index contributed by atoms with van der Waals surface area (Å²) in [6, 6.07) is 4.31. The van der Waals surface area contributed by atoms with E-state index in [-0.39, 0.29) is 34.3 Å². The van der Waals surface area contributed by atoms with Crippen LogP contribution in [0.1, 0.15) is 18.4 Å². The highest BCUT2D eigenvalue weighted by molar-refractivity contribution is 7.91. The summed E-state index contributed by atoms with van der Waals surface area (Å²) in [4.78, 5) is 0.184. The van der Waals surface area contributed by atoms with E-state index in [1.807, 2.05) is 0 Å². The summed E-state index contributed by atoms with van der Waals surface area (Å²) >= 11 is 0. The second-order valence-electron chi connectivity index (χ2n) is 7.11. The van der Waals surface area contributed by atoms with Gasteiger partial charge in [0.2, 0.25) is 10.0 Å². The van der Waals surface area contributed by atoms with E-state index < -0.39 is 25.9 Å². The summed E-state index contributed by atoms with van der Waals surface area (Å²) in [5.74, 6) is 0.0162. The quantitative estimate of drug-likeness (QED) is 0.773. The maximum atomic E-state index is 12.9. The Labute approximate surface area is 148 Å². The van der Waals surface area contributed by atoms with Crippen molar-refractivity contribution >= 4 is 19.9 Å². The molecule has 1 heterocycles. The number of hydrogen-bond acceptors (Lipinski definition) is 6. The Kier molecular flexibility index (Phi) is 4.87. The van der Waals surface area contributed by atoms with Crippen LogP contribution in [0.25, 0.3) is 0 Å². The largest absolute Gasteiger partial charge is 0.497 e. The minimum atomic E-state index is -3.75. The number of ether oxygens (including phenoxy) is 1. The number of sulfonamides is 1. The van der Waals surface area contributed by atoms with E-state index in [2.05, 4.69) is 4.72 Å². The molecule has 2 atom stereocenters. The molecule has 3 rings (SSSR count). The molecular formula is C16H24N2O5S2. The second kappa shape index (κ2) is 6.53. The molecule has 2 unspecified atom stereocenters. The molecule has 2 fully saturated rings. The highest BCUT2D eigenvalue weighted by Gasteiger charge is 2.46. The van der Waals surface area contributed by atoms with Gasteiger partial charge in [0.25, 0.3) is 0 Å². The van der Waals surface area contributed by atoms with Gasteiger partial charge < -0.3 is 10.5 Å². The number of hydrogen-bond donors (Lipinski definition) is 2. The average Bonchev–Trinajstić information content (AvgIpc) is 2.47. The van der Waals surface area contributed by atoms with Crippen molar-refractivity contribution in [3.63, 3.8) is 0 Å². The molecule has 1 saturated carbocycles. The Balaban J connectivity index is 1.88. The zero-order chi connectivity index (χ0) is 18.4. The highest BCUT2D eigenvalue weighted by Crippen LogP contribution is 2.36. The van der Waals surface area contributed by atoms with Crippen LogP contribution in [0.15, 0.2) is 23.1 Å². The van der Waals surface area contributed by atoms with Crippen LogP contribution in [-0.2, 0) is 19.9 Å². The third kappa shape index (κ3) is 3.84. The lowest BCUT2D eigenvalue weighted by atomic mass is 9.76. The summed E-state index contributed by atoms with van der Waals surface area (Å²) < 4.78 is 57.7. The SMILES string of the molecule is COc1ccc(S(=O)(=O)NC2C3CC(N)CC2CS(=O)(=O)C3)c(C)c1. The number of benzene rings is 1. The van der Waals surface area contributed by atoms with Gasteiger partial charge in [-0.15, -0.1) is 0 Å². The smallest absolute Gasteiger partial charge is 0.241 e. The third-order valence-corrected chi connectivity index (χ3v) is 8.62. The normalized spacial score (nSPS) is 31.5. The highest BCUT2D eigenvalue weighted by atomic mass is 32.2. The van der Waals surface area contributed by atoms with Gasteiger partial charge in [0, 0.05) is 12.1 Å². The molecule has 7 nitrogen and oxygen atoms in total. The molecule has 2 bridgehead atoms. The van der Waals surface area contributed by atoms with Crippen molar-refractivity contribution in [2.45, 2.75) is 36.7 Å². The Bertz CT molecular complexity index is 845. The molecule has 0 radical (unpaired) electrons. The maximum absolute atomic E-state index is 12.9. The van der Waals surface area contributed by atoms with Crippen molar-refractivity contribution in [2.75, 3.05) is 18.6 Å². The van der Waals surface area contributed by atoms with E-state index in [0.29, 0.717) is 24.2 Å². The predicted octanol–water partition coefficient (Wildman–Crippen LogP) is 0.432. The van der Waals surface area contributed by atoms with Crippen LogP contribution in [0.5, 0.6) is 5.75 Å². The number of fused-ring (bicyclic) bond motifs is 2. The summed E-state index contributed by atoms with van der Waals surface area (Å²) in [6.45, 7) is 1.71. The molecular weight excluding hydrogens is 364 g/mol. The van der Waals surface area contributed by atoms with Crippen LogP contribution in [0, 0.1) is 18.8 Å². The molecule has 0 spiro atoms. The Morgan fingerprint density at radius 3 is 2.32 bits per heavy atom. The lowest BCUT2D eigenvalue weighted by Crippen LogP contribution is -2.58. The number of rotatable bonds is 4. The van der Waals surface area contributed by atoms with Crippen molar-refractivity contribution in [2.24, 2.45) is 17.6 Å². The molecule has 1 aliphatic heterocycles. The number of sulfone groups is 1. The summed E-state index contributed by atoms with van der Waals surface area (Å²) in [6.07, 6.45) is 1.04. The molecule has 0 aromatic heterocycles. The van der Waals surface area contributed by atoms with E-state index >= 15 is 0 Å². The number of aryl methyl sites for hydroxylation is 1. The first-order valence-corrected chi connectivity index (χ1v) is 11.5. The van der Waals surface area contributed by atoms with E-state index in [0.717, 1.165) is 0 Å². The van der Waals surface area contributed by atoms with E-state index in [1.54, 1.807) is 19.1 Å². The number of nitrogens with two attached hydrogens (primary N) is 1. The lowest BCUT2D eigenvalue weighted by Gasteiger charge is -2.44. The fourth-order valence-electron chi connectivity index (χ4n) is 4.10. The molecule has 140 valence electrons. The number of methoxy groups -OCH3 is 1. The van der Waals surface area contributed by atoms with E-state index in [1.165, 1.54) is 13.2 Å². The van der Waals surface area contributed by atoms with Gasteiger partial charge in [-0.3, -0.25) is 0 Å². The fourth-order valence-corrected chi connectivity index (χ4v) is 7.83. The van der Waals surface area contributed by atoms with Gasteiger partial charge in [-0.25, -0.2) is 21.6 Å². The first-order chi connectivity index (χ1) is 11.6. The van der Waals surface area contributed by atoms with Crippen LogP contribution in [0.4, 0.5) is 0 Å². The molecule has 3 N–H and O–H groups in total. The monoisotopic (exact) mass is 388 g/mol. The van der Waals surface area contributed by atoms with Gasteiger partial charge in [-0.1, -0.05) is 0 Å². The van der Waals surface area contributed by atoms with Crippen molar-refractivity contribution in [1.29, 1.82) is 0 Å². The van der Waals surface area contributed by atoms with Crippen molar-refractivity contribution in [3.8, 4) is 5.75 Å². The molecule has 9 heteroatoms. The van der Waals surface area contributed by atoms with Gasteiger partial charge in [0.1, 0.15) is 5.75 Å². The maximum Gasteiger partial charge on any atom is 0.241 e. The molecule has 2 aliphatic rings. The van der Waals surface area contributed by atoms with Gasteiger partial charge in [0.15, 0.2) is 9.84 Å². The van der Waals surface area contributed by atoms with Gasteiger partial charge in [0.05, 0.1) is 23.5 Å². The Hall–Kier alpha value is -1.16. The summed E-state index contributed by atoms with van der Waals surface area (Å²) in [7, 11) is -5.37. The van der Waals surface area contributed by atoms with E-state index in [4.69, 9.17) is 10.5 Å². The van der Waals surface area contributed by atoms with Crippen molar-refractivity contribution in [3.05, 3.63) is 23.8 Å². The Morgan fingerprint density at radius 2 is 1.80 bits per heavy atom. The summed E-state index contributed by atoms with van der Waals surface area (Å²) in [5, 5.41) is 0. The van der Waals surface area contributed by atoms with E-state index in [9.17, 15) is 16.8 Å². The summed E-state index contributed by atoms with van der Waals surface area (Å²) in [5.41, 5.74) is 6.60. The van der Waals surface area contributed by atoms with Gasteiger partial charge >= 0.3 is 0 Å². The Morgan fingerprint density at radius 1 is 1.20 bits per heavy atom. The zero-order valence-corrected chi connectivity index (χ0v) is 15.9. The van der Waals surface area contributed by atoms with Crippen LogP contribution in [0.3, 0.4) is 0 Å². The standard InChI is InChI=1S/C16H24N2O5S2/c1-10-5-14(23-2)3-4-15(10)25(21,22)18-16-11-6-13(17)7-12(16)9-24(19,20)8-11/h3-5,11-13,16,18H,6-9,17H2,1-2H3. The van der Waals surface area contributed by atoms with Crippen molar-refractivity contribution < 1.29 is 21.6 Å². The van der Waals surface area contributed by atoms with Crippen LogP contribution >= 0.6 is 0 Å². The molecule has 1 saturated heterocycles. The minimum Gasteiger partial charge on any atom is -0.497 e. The van der Waals surface area contributed by atoms with Crippen LogP contribution in [-0.4, -0.2) is 47.5 Å². The first kappa shape index (κ1) is 18.6. The topological polar surface area (TPSA) is 116 Å². The molecule has 1 aromatic carbocycles. The van der Waals surface area contributed by atoms with Crippen LogP contribution in [0.2, 0.25) is 0 Å². The van der Waals surface area contributed by atoms with Gasteiger partial charge in [-0.05, 0) is 55.4 Å². The fraction of sp³-hybridized carbons (Fsp3) is 0.625. The third-order valence-electron chi connectivity index (χ3n) is 5.13. The molecule has 0 amide bonds. The first-order valence-electron chi connectivity index (χ1n) is 8.24. The second-order valence-corrected chi connectivity index (χ2v) is 10.9. The molecule has 1 aromatic rings. The zero-order valence-electron chi connectivity index (χ0n) is 14.3. The number of nitrogens with one attached hydrogen (secondary N) is 1. The van der Waals surface area contributed by atoms with Crippen molar-refractivity contribution in [1.82, 2.24) is 4.72 Å². The minimum absolute atomic E-state index is 0.00796. The lowest BCUT2D eigenvalue weighted by molar-refractivity contribution is 0.203. The van der Waals surface area contributed by atoms with Crippen LogP contribution < -0.4 is 15.2 Å². The molecule has 1 aliphatic carbocycles. The average molecular weight is 389 g/mol. The molecule has 25 heavy (non-hydrogen) atoms. The van der Waals surface area contributed by atoms with Gasteiger partial charge in [-0.2, -0.15) is 0 Å².